The molecule has 0 saturated carbocycles. The highest BCUT2D eigenvalue weighted by atomic mass is 35.5. The van der Waals surface area contributed by atoms with Crippen LogP contribution in [0.5, 0.6) is 0 Å². The maximum absolute atomic E-state index is 13.8. The second-order valence-electron chi connectivity index (χ2n) is 5.08. The lowest BCUT2D eigenvalue weighted by Gasteiger charge is -2.11. The van der Waals surface area contributed by atoms with Crippen LogP contribution in [-0.2, 0) is 0 Å². The Morgan fingerprint density at radius 1 is 0.917 bits per heavy atom. The third-order valence-corrected chi connectivity index (χ3v) is 3.39. The van der Waals surface area contributed by atoms with Crippen LogP contribution >= 0.6 is 11.6 Å². The molecule has 3 rings (SSSR count). The molecule has 0 unspecified atom stereocenters. The van der Waals surface area contributed by atoms with Gasteiger partial charge >= 0.3 is 0 Å². The van der Waals surface area contributed by atoms with Gasteiger partial charge in [-0.2, -0.15) is 4.98 Å². The van der Waals surface area contributed by atoms with E-state index in [-0.39, 0.29) is 17.5 Å². The minimum absolute atomic E-state index is 0.260. The highest BCUT2D eigenvalue weighted by Gasteiger charge is 2.10. The molecule has 0 atom stereocenters. The molecule has 3 aromatic rings. The molecule has 0 aliphatic carbocycles. The molecule has 24 heavy (non-hydrogen) atoms. The first kappa shape index (κ1) is 16.1. The second kappa shape index (κ2) is 6.80. The molecule has 0 aliphatic rings. The van der Waals surface area contributed by atoms with E-state index in [0.717, 1.165) is 0 Å². The number of rotatable bonds is 4. The minimum Gasteiger partial charge on any atom is -0.335 e. The predicted octanol–water partition coefficient (Wildman–Crippen LogP) is 5.20. The quantitative estimate of drug-likeness (QED) is 0.681. The summed E-state index contributed by atoms with van der Waals surface area (Å²) in [5, 5.41) is 6.23. The number of hydrogen-bond donors (Lipinski definition) is 2. The van der Waals surface area contributed by atoms with Gasteiger partial charge in [-0.3, -0.25) is 0 Å². The number of nitrogens with zero attached hydrogens (tertiary/aromatic N) is 2. The van der Waals surface area contributed by atoms with E-state index in [1.165, 1.54) is 18.2 Å². The van der Waals surface area contributed by atoms with E-state index in [4.69, 9.17) is 11.6 Å². The molecular weight excluding hydrogens is 334 g/mol. The Bertz CT molecular complexity index is 866. The first-order valence-electron chi connectivity index (χ1n) is 7.10. The molecule has 0 saturated heterocycles. The van der Waals surface area contributed by atoms with Gasteiger partial charge in [-0.1, -0.05) is 23.7 Å². The summed E-state index contributed by atoms with van der Waals surface area (Å²) < 4.78 is 27.5. The standard InChI is InChI=1S/C17H13ClF2N4/c1-10-8-15(23-16-13(19)6-3-7-14(16)20)24-17(21-10)22-12-5-2-4-11(18)9-12/h2-9H,1H3,(H2,21,22,23,24). The van der Waals surface area contributed by atoms with Crippen molar-refractivity contribution >= 4 is 34.7 Å². The van der Waals surface area contributed by atoms with Crippen molar-refractivity contribution in [1.29, 1.82) is 0 Å². The number of para-hydroxylation sites is 1. The topological polar surface area (TPSA) is 49.8 Å². The van der Waals surface area contributed by atoms with Gasteiger partial charge in [0.05, 0.1) is 0 Å². The summed E-state index contributed by atoms with van der Waals surface area (Å²) in [6.45, 7) is 1.76. The van der Waals surface area contributed by atoms with Crippen molar-refractivity contribution in [2.45, 2.75) is 6.92 Å². The fourth-order valence-corrected chi connectivity index (χ4v) is 2.32. The zero-order chi connectivity index (χ0) is 17.1. The van der Waals surface area contributed by atoms with Gasteiger partial charge < -0.3 is 10.6 Å². The van der Waals surface area contributed by atoms with Crippen LogP contribution in [-0.4, -0.2) is 9.97 Å². The number of aryl methyl sites for hydroxylation is 1. The van der Waals surface area contributed by atoms with Gasteiger partial charge in [0.2, 0.25) is 5.95 Å². The SMILES string of the molecule is Cc1cc(Nc2c(F)cccc2F)nc(Nc2cccc(Cl)c2)n1. The van der Waals surface area contributed by atoms with Crippen LogP contribution < -0.4 is 10.6 Å². The zero-order valence-corrected chi connectivity index (χ0v) is 13.4. The van der Waals surface area contributed by atoms with E-state index in [1.807, 2.05) is 0 Å². The van der Waals surface area contributed by atoms with Gasteiger partial charge in [-0.05, 0) is 37.3 Å². The summed E-state index contributed by atoms with van der Waals surface area (Å²) >= 11 is 5.94. The molecule has 122 valence electrons. The van der Waals surface area contributed by atoms with Gasteiger partial charge in [0.15, 0.2) is 0 Å². The molecular formula is C17H13ClF2N4. The zero-order valence-electron chi connectivity index (χ0n) is 12.6. The molecule has 0 bridgehead atoms. The summed E-state index contributed by atoms with van der Waals surface area (Å²) in [5.74, 6) is -0.834. The van der Waals surface area contributed by atoms with Crippen molar-refractivity contribution < 1.29 is 8.78 Å². The number of benzene rings is 2. The van der Waals surface area contributed by atoms with E-state index >= 15 is 0 Å². The van der Waals surface area contributed by atoms with Crippen LogP contribution in [0.15, 0.2) is 48.5 Å². The van der Waals surface area contributed by atoms with E-state index in [1.54, 1.807) is 37.3 Å². The third kappa shape index (κ3) is 3.78. The smallest absolute Gasteiger partial charge is 0.229 e. The van der Waals surface area contributed by atoms with Crippen molar-refractivity contribution in [1.82, 2.24) is 9.97 Å². The Hall–Kier alpha value is -2.73. The molecule has 1 heterocycles. The third-order valence-electron chi connectivity index (χ3n) is 3.15. The van der Waals surface area contributed by atoms with Crippen LogP contribution in [0, 0.1) is 18.6 Å². The summed E-state index contributed by atoms with van der Waals surface area (Å²) in [7, 11) is 0. The molecule has 0 spiro atoms. The summed E-state index contributed by atoms with van der Waals surface area (Å²) in [6.07, 6.45) is 0. The van der Waals surface area contributed by atoms with Crippen LogP contribution in [0.3, 0.4) is 0 Å². The van der Waals surface area contributed by atoms with Gasteiger partial charge in [-0.25, -0.2) is 13.8 Å². The Kier molecular flexibility index (Phi) is 4.57. The van der Waals surface area contributed by atoms with E-state index in [0.29, 0.717) is 16.4 Å². The summed E-state index contributed by atoms with van der Waals surface area (Å²) in [6, 6.07) is 12.3. The fraction of sp³-hybridized carbons (Fsp3) is 0.0588. The lowest BCUT2D eigenvalue weighted by atomic mass is 10.3. The largest absolute Gasteiger partial charge is 0.335 e. The average Bonchev–Trinajstić information content (AvgIpc) is 2.50. The first-order valence-corrected chi connectivity index (χ1v) is 7.48. The highest BCUT2D eigenvalue weighted by Crippen LogP contribution is 2.24. The van der Waals surface area contributed by atoms with E-state index in [9.17, 15) is 8.78 Å². The van der Waals surface area contributed by atoms with Crippen molar-refractivity contribution in [3.05, 3.63) is 70.9 Å². The fourth-order valence-electron chi connectivity index (χ4n) is 2.13. The first-order chi connectivity index (χ1) is 11.5. The molecule has 1 aromatic heterocycles. The normalized spacial score (nSPS) is 10.5. The van der Waals surface area contributed by atoms with Crippen LogP contribution in [0.4, 0.5) is 31.9 Å². The lowest BCUT2D eigenvalue weighted by Crippen LogP contribution is -2.04. The lowest BCUT2D eigenvalue weighted by molar-refractivity contribution is 0.590. The molecule has 7 heteroatoms. The van der Waals surface area contributed by atoms with Gasteiger partial charge in [0.25, 0.3) is 0 Å². The molecule has 0 fully saturated rings. The Labute approximate surface area is 142 Å². The van der Waals surface area contributed by atoms with Gasteiger partial charge in [-0.15, -0.1) is 0 Å². The minimum atomic E-state index is -0.699. The van der Waals surface area contributed by atoms with Crippen LogP contribution in [0.2, 0.25) is 5.02 Å². The summed E-state index contributed by atoms with van der Waals surface area (Å²) in [4.78, 5) is 8.48. The number of halogens is 3. The number of anilines is 4. The molecule has 0 aliphatic heterocycles. The van der Waals surface area contributed by atoms with Gasteiger partial charge in [0, 0.05) is 22.5 Å². The monoisotopic (exact) mass is 346 g/mol. The van der Waals surface area contributed by atoms with Crippen LogP contribution in [0.1, 0.15) is 5.69 Å². The van der Waals surface area contributed by atoms with Gasteiger partial charge in [0.1, 0.15) is 23.1 Å². The van der Waals surface area contributed by atoms with Crippen molar-refractivity contribution in [3.63, 3.8) is 0 Å². The predicted molar refractivity (Wildman–Crippen MR) is 91.1 cm³/mol. The number of hydrogen-bond acceptors (Lipinski definition) is 4. The maximum atomic E-state index is 13.8. The van der Waals surface area contributed by atoms with Crippen molar-refractivity contribution in [2.24, 2.45) is 0 Å². The molecule has 0 radical (unpaired) electrons. The Balaban J connectivity index is 1.89. The molecule has 2 N–H and O–H groups in total. The number of nitrogens with one attached hydrogen (secondary N) is 2. The Morgan fingerprint density at radius 3 is 2.33 bits per heavy atom. The number of aromatic nitrogens is 2. The summed E-state index contributed by atoms with van der Waals surface area (Å²) in [5.41, 5.74) is 1.08. The van der Waals surface area contributed by atoms with E-state index < -0.39 is 11.6 Å². The molecule has 2 aromatic carbocycles. The van der Waals surface area contributed by atoms with E-state index in [2.05, 4.69) is 20.6 Å². The Morgan fingerprint density at radius 2 is 1.62 bits per heavy atom. The average molecular weight is 347 g/mol. The highest BCUT2D eigenvalue weighted by molar-refractivity contribution is 6.30. The molecule has 4 nitrogen and oxygen atoms in total. The maximum Gasteiger partial charge on any atom is 0.229 e. The van der Waals surface area contributed by atoms with Crippen molar-refractivity contribution in [3.8, 4) is 0 Å². The van der Waals surface area contributed by atoms with Crippen LogP contribution in [0.25, 0.3) is 0 Å². The van der Waals surface area contributed by atoms with Crippen molar-refractivity contribution in [2.75, 3.05) is 10.6 Å². The molecule has 0 amide bonds. The second-order valence-corrected chi connectivity index (χ2v) is 5.51.